The van der Waals surface area contributed by atoms with E-state index in [-0.39, 0.29) is 4.60 Å². The van der Waals surface area contributed by atoms with Crippen molar-refractivity contribution in [3.8, 4) is 0 Å². The maximum absolute atomic E-state index is 12.2. The van der Waals surface area contributed by atoms with Crippen molar-refractivity contribution in [2.45, 2.75) is 12.4 Å². The number of anilines is 1. The van der Waals surface area contributed by atoms with Gasteiger partial charge in [-0.2, -0.15) is 26.3 Å². The van der Waals surface area contributed by atoms with Crippen molar-refractivity contribution >= 4 is 27.7 Å². The second-order valence-corrected chi connectivity index (χ2v) is 4.04. The third-order valence-corrected chi connectivity index (χ3v) is 2.20. The van der Waals surface area contributed by atoms with E-state index >= 15 is 0 Å². The molecule has 0 spiro atoms. The number of amides is 1. The van der Waals surface area contributed by atoms with Gasteiger partial charge in [-0.25, -0.2) is 9.97 Å². The maximum Gasteiger partial charge on any atom is 0.409 e. The highest BCUT2D eigenvalue weighted by molar-refractivity contribution is 9.10. The minimum atomic E-state index is -5.74. The molecule has 0 aliphatic carbocycles. The van der Waals surface area contributed by atoms with Crippen LogP contribution < -0.4 is 5.32 Å². The van der Waals surface area contributed by atoms with Crippen LogP contribution in [0.4, 0.5) is 32.2 Å². The topological polar surface area (TPSA) is 54.9 Å². The molecule has 1 aromatic heterocycles. The normalized spacial score (nSPS) is 12.6. The van der Waals surface area contributed by atoms with Crippen LogP contribution in [0.3, 0.4) is 0 Å². The second kappa shape index (κ2) is 5.31. The lowest BCUT2D eigenvalue weighted by atomic mass is 10.1. The first-order chi connectivity index (χ1) is 8.51. The zero-order valence-electron chi connectivity index (χ0n) is 8.68. The summed E-state index contributed by atoms with van der Waals surface area (Å²) >= 11 is 2.86. The standard InChI is InChI=1S/C8H4BrF6N3O/c9-3-1-17-4(2-16-3)18-6(19)5(7(10,11)12)8(13,14)15/h1-2,5H,(H,17,18,19). The Morgan fingerprint density at radius 1 is 1.11 bits per heavy atom. The molecular formula is C8H4BrF6N3O. The van der Waals surface area contributed by atoms with Crippen molar-refractivity contribution < 1.29 is 31.1 Å². The van der Waals surface area contributed by atoms with Crippen molar-refractivity contribution in [3.63, 3.8) is 0 Å². The SMILES string of the molecule is O=C(Nc1cnc(Br)cn1)C(C(F)(F)F)C(F)(F)F. The van der Waals surface area contributed by atoms with Gasteiger partial charge < -0.3 is 5.32 Å². The Bertz CT molecular complexity index is 443. The number of alkyl halides is 6. The molecule has 0 aromatic carbocycles. The van der Waals surface area contributed by atoms with Crippen molar-refractivity contribution in [2.24, 2.45) is 5.92 Å². The number of rotatable bonds is 2. The van der Waals surface area contributed by atoms with Gasteiger partial charge in [0.25, 0.3) is 0 Å². The lowest BCUT2D eigenvalue weighted by Crippen LogP contribution is -2.45. The van der Waals surface area contributed by atoms with E-state index in [1.807, 2.05) is 0 Å². The Balaban J connectivity index is 2.93. The van der Waals surface area contributed by atoms with E-state index in [2.05, 4.69) is 25.9 Å². The number of carbonyl (C=O) groups excluding carboxylic acids is 1. The number of halogens is 7. The van der Waals surface area contributed by atoms with Crippen molar-refractivity contribution in [1.29, 1.82) is 0 Å². The fourth-order valence-corrected chi connectivity index (χ4v) is 1.26. The number of nitrogens with one attached hydrogen (secondary N) is 1. The van der Waals surface area contributed by atoms with E-state index in [9.17, 15) is 31.1 Å². The van der Waals surface area contributed by atoms with Gasteiger partial charge in [-0.15, -0.1) is 0 Å². The summed E-state index contributed by atoms with van der Waals surface area (Å²) in [6.45, 7) is 0. The van der Waals surface area contributed by atoms with Crippen LogP contribution in [0.25, 0.3) is 0 Å². The summed E-state index contributed by atoms with van der Waals surface area (Å²) in [5.41, 5.74) is 0. The Labute approximate surface area is 110 Å². The molecule has 0 aliphatic rings. The summed E-state index contributed by atoms with van der Waals surface area (Å²) in [5.74, 6) is -6.91. The largest absolute Gasteiger partial charge is 0.409 e. The monoisotopic (exact) mass is 351 g/mol. The highest BCUT2D eigenvalue weighted by Crippen LogP contribution is 2.39. The fourth-order valence-electron chi connectivity index (χ4n) is 1.06. The van der Waals surface area contributed by atoms with Crippen LogP contribution in [0.5, 0.6) is 0 Å². The van der Waals surface area contributed by atoms with Crippen LogP contribution in [0.15, 0.2) is 17.0 Å². The lowest BCUT2D eigenvalue weighted by molar-refractivity contribution is -0.272. The zero-order chi connectivity index (χ0) is 14.8. The average molecular weight is 352 g/mol. The first-order valence-corrected chi connectivity index (χ1v) is 5.23. The van der Waals surface area contributed by atoms with Crippen LogP contribution in [-0.4, -0.2) is 28.2 Å². The Kier molecular flexibility index (Phi) is 4.38. The Morgan fingerprint density at radius 3 is 2.00 bits per heavy atom. The molecule has 0 atom stereocenters. The van der Waals surface area contributed by atoms with Crippen molar-refractivity contribution in [2.75, 3.05) is 5.32 Å². The average Bonchev–Trinajstić information content (AvgIpc) is 2.16. The Hall–Kier alpha value is -1.39. The number of hydrogen-bond donors (Lipinski definition) is 1. The molecule has 0 unspecified atom stereocenters. The predicted molar refractivity (Wildman–Crippen MR) is 54.0 cm³/mol. The van der Waals surface area contributed by atoms with Gasteiger partial charge in [-0.3, -0.25) is 4.79 Å². The maximum atomic E-state index is 12.2. The van der Waals surface area contributed by atoms with E-state index in [4.69, 9.17) is 0 Å². The van der Waals surface area contributed by atoms with Gasteiger partial charge in [0.15, 0.2) is 5.82 Å². The van der Waals surface area contributed by atoms with Gasteiger partial charge in [-0.05, 0) is 15.9 Å². The molecule has 4 nitrogen and oxygen atoms in total. The third-order valence-electron chi connectivity index (χ3n) is 1.79. The highest BCUT2D eigenvalue weighted by Gasteiger charge is 2.61. The number of carbonyl (C=O) groups is 1. The number of hydrogen-bond acceptors (Lipinski definition) is 3. The molecule has 11 heteroatoms. The molecule has 0 bridgehead atoms. The van der Waals surface area contributed by atoms with Crippen LogP contribution >= 0.6 is 15.9 Å². The summed E-state index contributed by atoms with van der Waals surface area (Å²) in [4.78, 5) is 17.9. The first-order valence-electron chi connectivity index (χ1n) is 4.43. The molecule has 1 heterocycles. The molecule has 0 aliphatic heterocycles. The molecule has 1 rings (SSSR count). The minimum Gasteiger partial charge on any atom is -0.309 e. The smallest absolute Gasteiger partial charge is 0.309 e. The van der Waals surface area contributed by atoms with Gasteiger partial charge in [0.05, 0.1) is 12.4 Å². The minimum absolute atomic E-state index is 0.202. The zero-order valence-corrected chi connectivity index (χ0v) is 10.3. The van der Waals surface area contributed by atoms with E-state index in [1.165, 1.54) is 5.32 Å². The van der Waals surface area contributed by atoms with E-state index in [0.717, 1.165) is 12.4 Å². The van der Waals surface area contributed by atoms with Crippen LogP contribution in [0.1, 0.15) is 0 Å². The van der Waals surface area contributed by atoms with Crippen LogP contribution in [-0.2, 0) is 4.79 Å². The quantitative estimate of drug-likeness (QED) is 0.833. The van der Waals surface area contributed by atoms with Crippen molar-refractivity contribution in [3.05, 3.63) is 17.0 Å². The first kappa shape index (κ1) is 15.7. The molecule has 1 amide bonds. The van der Waals surface area contributed by atoms with Gasteiger partial charge >= 0.3 is 12.4 Å². The van der Waals surface area contributed by atoms with E-state index in [0.29, 0.717) is 0 Å². The van der Waals surface area contributed by atoms with Crippen LogP contribution in [0.2, 0.25) is 0 Å². The van der Waals surface area contributed by atoms with Gasteiger partial charge in [0.1, 0.15) is 4.60 Å². The summed E-state index contributed by atoms with van der Waals surface area (Å²) in [5, 5.41) is 1.41. The van der Waals surface area contributed by atoms with E-state index in [1.54, 1.807) is 0 Å². The molecule has 1 aromatic rings. The second-order valence-electron chi connectivity index (χ2n) is 3.23. The number of aromatic nitrogens is 2. The number of nitrogens with zero attached hydrogens (tertiary/aromatic N) is 2. The molecule has 1 N–H and O–H groups in total. The Morgan fingerprint density at radius 2 is 1.63 bits per heavy atom. The molecular weight excluding hydrogens is 348 g/mol. The summed E-state index contributed by atoms with van der Waals surface area (Å²) in [6, 6.07) is 0. The van der Waals surface area contributed by atoms with Gasteiger partial charge in [0, 0.05) is 0 Å². The lowest BCUT2D eigenvalue weighted by Gasteiger charge is -2.21. The molecule has 0 radical (unpaired) electrons. The summed E-state index contributed by atoms with van der Waals surface area (Å²) in [7, 11) is 0. The van der Waals surface area contributed by atoms with Crippen molar-refractivity contribution in [1.82, 2.24) is 9.97 Å². The summed E-state index contributed by atoms with van der Waals surface area (Å²) < 4.78 is 73.5. The predicted octanol–water partition coefficient (Wildman–Crippen LogP) is 2.92. The summed E-state index contributed by atoms with van der Waals surface area (Å²) in [6.07, 6.45) is -9.67. The van der Waals surface area contributed by atoms with Gasteiger partial charge in [0.2, 0.25) is 11.8 Å². The third kappa shape index (κ3) is 4.33. The molecule has 19 heavy (non-hydrogen) atoms. The van der Waals surface area contributed by atoms with E-state index < -0.39 is 30.0 Å². The molecule has 106 valence electrons. The highest BCUT2D eigenvalue weighted by atomic mass is 79.9. The molecule has 0 fully saturated rings. The fraction of sp³-hybridized carbons (Fsp3) is 0.375. The molecule has 0 saturated heterocycles. The molecule has 0 saturated carbocycles. The van der Waals surface area contributed by atoms with Crippen LogP contribution in [0, 0.1) is 5.92 Å². The van der Waals surface area contributed by atoms with Gasteiger partial charge in [-0.1, -0.05) is 0 Å².